The van der Waals surface area contributed by atoms with Gasteiger partial charge in [0.2, 0.25) is 0 Å². The summed E-state index contributed by atoms with van der Waals surface area (Å²) in [7, 11) is 0. The topological polar surface area (TPSA) is 33.1 Å². The highest BCUT2D eigenvalue weighted by Gasteiger charge is 2.10. The molecule has 1 atom stereocenters. The molecule has 0 bridgehead atoms. The fourth-order valence-corrected chi connectivity index (χ4v) is 3.19. The van der Waals surface area contributed by atoms with Crippen LogP contribution in [-0.2, 0) is 0 Å². The third kappa shape index (κ3) is 2.98. The summed E-state index contributed by atoms with van der Waals surface area (Å²) in [6.07, 6.45) is 0. The second-order valence-electron chi connectivity index (χ2n) is 5.23. The molecular formula is C18H17NOS. The zero-order chi connectivity index (χ0) is 14.8. The molecule has 2 nitrogen and oxygen atoms in total. The minimum absolute atomic E-state index is 0.254. The molecule has 0 amide bonds. The molecule has 3 heteroatoms. The lowest BCUT2D eigenvalue weighted by molar-refractivity contribution is 0.474. The standard InChI is InChI=1S/C18H17NOS/c1-12-11-21-18(19-12)15-8-6-14(7-9-15)13(2)16-4-3-5-17(20)10-16/h3-11,13,20H,1-2H3/t13-/m1/s1. The van der Waals surface area contributed by atoms with Crippen LogP contribution in [0.3, 0.4) is 0 Å². The Morgan fingerprint density at radius 2 is 1.81 bits per heavy atom. The van der Waals surface area contributed by atoms with Crippen LogP contribution in [0.1, 0.15) is 29.7 Å². The lowest BCUT2D eigenvalue weighted by Gasteiger charge is -2.13. The summed E-state index contributed by atoms with van der Waals surface area (Å²) in [6.45, 7) is 4.16. The van der Waals surface area contributed by atoms with E-state index >= 15 is 0 Å². The SMILES string of the molecule is Cc1csc(-c2ccc([C@@H](C)c3cccc(O)c3)cc2)n1. The minimum Gasteiger partial charge on any atom is -0.508 e. The molecule has 0 fully saturated rings. The van der Waals surface area contributed by atoms with E-state index in [1.807, 2.05) is 25.1 Å². The average molecular weight is 295 g/mol. The molecule has 0 saturated heterocycles. The second kappa shape index (κ2) is 5.70. The molecule has 0 saturated carbocycles. The first kappa shape index (κ1) is 13.8. The van der Waals surface area contributed by atoms with Gasteiger partial charge in [0, 0.05) is 22.6 Å². The fourth-order valence-electron chi connectivity index (χ4n) is 2.39. The van der Waals surface area contributed by atoms with Crippen molar-refractivity contribution in [1.82, 2.24) is 4.98 Å². The zero-order valence-electron chi connectivity index (χ0n) is 12.1. The maximum atomic E-state index is 9.60. The third-order valence-electron chi connectivity index (χ3n) is 3.65. The van der Waals surface area contributed by atoms with Gasteiger partial charge < -0.3 is 5.11 Å². The number of aromatic nitrogens is 1. The molecule has 106 valence electrons. The molecule has 2 aromatic carbocycles. The summed E-state index contributed by atoms with van der Waals surface area (Å²) in [5, 5.41) is 12.7. The molecule has 0 aliphatic heterocycles. The van der Waals surface area contributed by atoms with Gasteiger partial charge in [-0.15, -0.1) is 11.3 Å². The van der Waals surface area contributed by atoms with Crippen molar-refractivity contribution in [3.8, 4) is 16.3 Å². The Bertz CT molecular complexity index is 746. The highest BCUT2D eigenvalue weighted by Crippen LogP contribution is 2.29. The lowest BCUT2D eigenvalue weighted by Crippen LogP contribution is -1.95. The number of hydrogen-bond acceptors (Lipinski definition) is 3. The van der Waals surface area contributed by atoms with Crippen LogP contribution in [0.2, 0.25) is 0 Å². The van der Waals surface area contributed by atoms with Crippen LogP contribution < -0.4 is 0 Å². The summed E-state index contributed by atoms with van der Waals surface area (Å²) >= 11 is 1.67. The van der Waals surface area contributed by atoms with Crippen LogP contribution in [-0.4, -0.2) is 10.1 Å². The number of phenols is 1. The molecule has 3 aromatic rings. The van der Waals surface area contributed by atoms with Gasteiger partial charge in [0.05, 0.1) is 0 Å². The largest absolute Gasteiger partial charge is 0.508 e. The van der Waals surface area contributed by atoms with Crippen molar-refractivity contribution in [1.29, 1.82) is 0 Å². The summed E-state index contributed by atoms with van der Waals surface area (Å²) in [5.41, 5.74) is 4.57. The van der Waals surface area contributed by atoms with Gasteiger partial charge >= 0.3 is 0 Å². The normalized spacial score (nSPS) is 12.3. The van der Waals surface area contributed by atoms with Gasteiger partial charge in [0.25, 0.3) is 0 Å². The molecule has 1 aromatic heterocycles. The number of benzene rings is 2. The average Bonchev–Trinajstić information content (AvgIpc) is 2.93. The van der Waals surface area contributed by atoms with E-state index in [0.717, 1.165) is 21.8 Å². The van der Waals surface area contributed by atoms with Crippen molar-refractivity contribution in [2.24, 2.45) is 0 Å². The van der Waals surface area contributed by atoms with Crippen molar-refractivity contribution in [3.63, 3.8) is 0 Å². The van der Waals surface area contributed by atoms with Crippen molar-refractivity contribution in [2.45, 2.75) is 19.8 Å². The van der Waals surface area contributed by atoms with E-state index in [1.54, 1.807) is 17.4 Å². The van der Waals surface area contributed by atoms with Gasteiger partial charge in [-0.05, 0) is 30.2 Å². The quantitative estimate of drug-likeness (QED) is 0.739. The van der Waals surface area contributed by atoms with Gasteiger partial charge in [0.15, 0.2) is 0 Å². The van der Waals surface area contributed by atoms with E-state index in [4.69, 9.17) is 0 Å². The van der Waals surface area contributed by atoms with Crippen LogP contribution in [0, 0.1) is 6.92 Å². The third-order valence-corrected chi connectivity index (χ3v) is 4.66. The van der Waals surface area contributed by atoms with E-state index < -0.39 is 0 Å². The molecule has 0 unspecified atom stereocenters. The first-order valence-electron chi connectivity index (χ1n) is 6.95. The van der Waals surface area contributed by atoms with Crippen LogP contribution in [0.4, 0.5) is 0 Å². The Hall–Kier alpha value is -2.13. The maximum Gasteiger partial charge on any atom is 0.123 e. The van der Waals surface area contributed by atoms with E-state index in [0.29, 0.717) is 5.75 Å². The Morgan fingerprint density at radius 1 is 1.05 bits per heavy atom. The van der Waals surface area contributed by atoms with Crippen LogP contribution in [0.25, 0.3) is 10.6 Å². The summed E-state index contributed by atoms with van der Waals surface area (Å²) in [4.78, 5) is 4.51. The summed E-state index contributed by atoms with van der Waals surface area (Å²) in [6, 6.07) is 16.0. The summed E-state index contributed by atoms with van der Waals surface area (Å²) in [5.74, 6) is 0.568. The van der Waals surface area contributed by atoms with E-state index in [1.165, 1.54) is 5.56 Å². The van der Waals surface area contributed by atoms with Gasteiger partial charge in [0.1, 0.15) is 10.8 Å². The number of hydrogen-bond donors (Lipinski definition) is 1. The van der Waals surface area contributed by atoms with E-state index in [-0.39, 0.29) is 5.92 Å². The van der Waals surface area contributed by atoms with Crippen molar-refractivity contribution in [2.75, 3.05) is 0 Å². The Kier molecular flexibility index (Phi) is 3.76. The van der Waals surface area contributed by atoms with E-state index in [2.05, 4.69) is 41.6 Å². The number of nitrogens with zero attached hydrogens (tertiary/aromatic N) is 1. The first-order chi connectivity index (χ1) is 10.1. The Morgan fingerprint density at radius 3 is 2.43 bits per heavy atom. The Labute approximate surface area is 128 Å². The molecule has 0 aliphatic carbocycles. The maximum absolute atomic E-state index is 9.60. The van der Waals surface area contributed by atoms with Gasteiger partial charge in [-0.25, -0.2) is 4.98 Å². The van der Waals surface area contributed by atoms with Gasteiger partial charge in [-0.3, -0.25) is 0 Å². The molecule has 1 heterocycles. The van der Waals surface area contributed by atoms with Crippen LogP contribution in [0.15, 0.2) is 53.9 Å². The molecule has 3 rings (SSSR count). The van der Waals surface area contributed by atoms with Crippen molar-refractivity contribution < 1.29 is 5.11 Å². The van der Waals surface area contributed by atoms with Gasteiger partial charge in [-0.1, -0.05) is 43.3 Å². The fraction of sp³-hybridized carbons (Fsp3) is 0.167. The second-order valence-corrected chi connectivity index (χ2v) is 6.09. The molecular weight excluding hydrogens is 278 g/mol. The monoisotopic (exact) mass is 295 g/mol. The predicted octanol–water partition coefficient (Wildman–Crippen LogP) is 4.98. The molecule has 21 heavy (non-hydrogen) atoms. The molecule has 0 aliphatic rings. The lowest BCUT2D eigenvalue weighted by atomic mass is 9.92. The number of aryl methyl sites for hydroxylation is 1. The number of aromatic hydroxyl groups is 1. The molecule has 0 radical (unpaired) electrons. The van der Waals surface area contributed by atoms with Crippen LogP contribution in [0.5, 0.6) is 5.75 Å². The first-order valence-corrected chi connectivity index (χ1v) is 7.83. The van der Waals surface area contributed by atoms with E-state index in [9.17, 15) is 5.11 Å². The zero-order valence-corrected chi connectivity index (χ0v) is 12.9. The molecule has 1 N–H and O–H groups in total. The highest BCUT2D eigenvalue weighted by molar-refractivity contribution is 7.13. The number of phenolic OH excluding ortho intramolecular Hbond substituents is 1. The minimum atomic E-state index is 0.254. The summed E-state index contributed by atoms with van der Waals surface area (Å²) < 4.78 is 0. The Balaban J connectivity index is 1.87. The highest BCUT2D eigenvalue weighted by atomic mass is 32.1. The molecule has 0 spiro atoms. The smallest absolute Gasteiger partial charge is 0.123 e. The van der Waals surface area contributed by atoms with Crippen LogP contribution >= 0.6 is 11.3 Å². The predicted molar refractivity (Wildman–Crippen MR) is 87.9 cm³/mol. The van der Waals surface area contributed by atoms with Crippen molar-refractivity contribution in [3.05, 3.63) is 70.7 Å². The number of rotatable bonds is 3. The van der Waals surface area contributed by atoms with Crippen molar-refractivity contribution >= 4 is 11.3 Å². The van der Waals surface area contributed by atoms with Gasteiger partial charge in [-0.2, -0.15) is 0 Å². The number of thiazole rings is 1.